The van der Waals surface area contributed by atoms with E-state index in [1.807, 2.05) is 24.3 Å². The number of nitriles is 1. The zero-order valence-electron chi connectivity index (χ0n) is 9.89. The molecule has 1 amide bonds. The first-order valence-electron chi connectivity index (χ1n) is 5.93. The molecule has 88 valence electrons. The van der Waals surface area contributed by atoms with E-state index in [0.29, 0.717) is 11.8 Å². The number of nitrogens with zero attached hydrogens (tertiary/aromatic N) is 1. The third-order valence-corrected chi connectivity index (χ3v) is 3.59. The van der Waals surface area contributed by atoms with Crippen molar-refractivity contribution in [1.29, 1.82) is 5.26 Å². The third kappa shape index (κ3) is 2.47. The molecule has 1 aliphatic rings. The molecule has 0 saturated heterocycles. The van der Waals surface area contributed by atoms with Crippen LogP contribution in [-0.4, -0.2) is 11.9 Å². The van der Waals surface area contributed by atoms with Crippen LogP contribution >= 0.6 is 0 Å². The molecule has 3 heteroatoms. The molecule has 0 aromatic heterocycles. The van der Waals surface area contributed by atoms with E-state index in [4.69, 9.17) is 5.26 Å². The predicted molar refractivity (Wildman–Crippen MR) is 65.1 cm³/mol. The van der Waals surface area contributed by atoms with E-state index in [1.165, 1.54) is 5.56 Å². The minimum atomic E-state index is -0.157. The zero-order valence-corrected chi connectivity index (χ0v) is 9.89. The fraction of sp³-hybridized carbons (Fsp3) is 0.429. The van der Waals surface area contributed by atoms with Crippen LogP contribution in [0.15, 0.2) is 30.3 Å². The van der Waals surface area contributed by atoms with Crippen LogP contribution in [0.2, 0.25) is 0 Å². The summed E-state index contributed by atoms with van der Waals surface area (Å²) in [5, 5.41) is 11.3. The molecule has 3 nitrogen and oxygen atoms in total. The molecular weight excluding hydrogens is 212 g/mol. The van der Waals surface area contributed by atoms with E-state index in [1.54, 1.807) is 0 Å². The van der Waals surface area contributed by atoms with Gasteiger partial charge in [0.1, 0.15) is 6.42 Å². The van der Waals surface area contributed by atoms with Crippen LogP contribution in [0.3, 0.4) is 0 Å². The lowest BCUT2D eigenvalue weighted by Crippen LogP contribution is -2.50. The van der Waals surface area contributed by atoms with E-state index in [0.717, 1.165) is 6.42 Å². The summed E-state index contributed by atoms with van der Waals surface area (Å²) in [5.74, 6) is 0.819. The Morgan fingerprint density at radius 3 is 2.76 bits per heavy atom. The Labute approximate surface area is 101 Å². The van der Waals surface area contributed by atoms with Crippen molar-refractivity contribution >= 4 is 5.91 Å². The molecular formula is C14H16N2O. The van der Waals surface area contributed by atoms with Crippen LogP contribution in [0, 0.1) is 17.2 Å². The van der Waals surface area contributed by atoms with Gasteiger partial charge in [0.15, 0.2) is 0 Å². The van der Waals surface area contributed by atoms with Crippen LogP contribution in [0.4, 0.5) is 0 Å². The van der Waals surface area contributed by atoms with E-state index in [9.17, 15) is 4.79 Å². The molecule has 0 radical (unpaired) electrons. The Kier molecular flexibility index (Phi) is 3.43. The number of carbonyl (C=O) groups excluding carboxylic acids is 1. The highest BCUT2D eigenvalue weighted by atomic mass is 16.1. The lowest BCUT2D eigenvalue weighted by Gasteiger charge is -2.43. The normalized spacial score (nSPS) is 26.7. The molecule has 1 aromatic rings. The molecule has 2 rings (SSSR count). The summed E-state index contributed by atoms with van der Waals surface area (Å²) in [4.78, 5) is 11.3. The molecule has 1 aromatic carbocycles. The van der Waals surface area contributed by atoms with Gasteiger partial charge in [-0.15, -0.1) is 0 Å². The quantitative estimate of drug-likeness (QED) is 0.862. The van der Waals surface area contributed by atoms with Gasteiger partial charge in [-0.05, 0) is 23.8 Å². The third-order valence-electron chi connectivity index (χ3n) is 3.59. The van der Waals surface area contributed by atoms with Gasteiger partial charge in [0, 0.05) is 6.04 Å². The number of carbonyl (C=O) groups is 1. The number of hydrogen-bond donors (Lipinski definition) is 1. The summed E-state index contributed by atoms with van der Waals surface area (Å²) in [6.07, 6.45) is 0.932. The number of benzene rings is 1. The average Bonchev–Trinajstić information content (AvgIpc) is 2.35. The van der Waals surface area contributed by atoms with Crippen molar-refractivity contribution in [1.82, 2.24) is 5.32 Å². The van der Waals surface area contributed by atoms with Crippen molar-refractivity contribution in [2.45, 2.75) is 31.7 Å². The number of nitrogens with one attached hydrogen (secondary N) is 1. The van der Waals surface area contributed by atoms with Gasteiger partial charge in [0.25, 0.3) is 0 Å². The molecule has 0 aliphatic heterocycles. The number of rotatable bonds is 3. The predicted octanol–water partition coefficient (Wildman–Crippen LogP) is 2.21. The molecule has 1 fully saturated rings. The van der Waals surface area contributed by atoms with E-state index in [2.05, 4.69) is 24.4 Å². The second kappa shape index (κ2) is 5.01. The topological polar surface area (TPSA) is 52.9 Å². The summed E-state index contributed by atoms with van der Waals surface area (Å²) in [7, 11) is 0. The van der Waals surface area contributed by atoms with Crippen molar-refractivity contribution in [3.05, 3.63) is 35.9 Å². The number of hydrogen-bond acceptors (Lipinski definition) is 2. The highest BCUT2D eigenvalue weighted by Gasteiger charge is 2.39. The highest BCUT2D eigenvalue weighted by Crippen LogP contribution is 2.42. The maximum atomic E-state index is 11.3. The maximum absolute atomic E-state index is 11.3. The van der Waals surface area contributed by atoms with E-state index >= 15 is 0 Å². The Morgan fingerprint density at radius 1 is 1.47 bits per heavy atom. The van der Waals surface area contributed by atoms with Gasteiger partial charge in [-0.2, -0.15) is 5.26 Å². The molecule has 0 spiro atoms. The minimum absolute atomic E-state index is 0.0424. The summed E-state index contributed by atoms with van der Waals surface area (Å²) in [6, 6.07) is 12.5. The molecule has 0 unspecified atom stereocenters. The first kappa shape index (κ1) is 11.7. The monoisotopic (exact) mass is 228 g/mol. The van der Waals surface area contributed by atoms with Crippen LogP contribution in [-0.2, 0) is 4.79 Å². The number of amides is 1. The molecule has 1 aliphatic carbocycles. The van der Waals surface area contributed by atoms with Crippen molar-refractivity contribution in [2.75, 3.05) is 0 Å². The summed E-state index contributed by atoms with van der Waals surface area (Å²) >= 11 is 0. The van der Waals surface area contributed by atoms with E-state index < -0.39 is 0 Å². The maximum Gasteiger partial charge on any atom is 0.234 e. The van der Waals surface area contributed by atoms with Crippen molar-refractivity contribution in [2.24, 2.45) is 5.92 Å². The molecule has 0 bridgehead atoms. The minimum Gasteiger partial charge on any atom is -0.352 e. The standard InChI is InChI=1S/C14H16N2O/c1-10-12(11-5-3-2-4-6-11)9-13(10)16-14(17)7-8-15/h2-6,10,12-13H,7,9H2,1H3,(H,16,17)/t10-,12+,13+/m0/s1. The van der Waals surface area contributed by atoms with Crippen molar-refractivity contribution < 1.29 is 4.79 Å². The zero-order chi connectivity index (χ0) is 12.3. The Bertz CT molecular complexity index is 435. The van der Waals surface area contributed by atoms with Gasteiger partial charge in [-0.3, -0.25) is 4.79 Å². The van der Waals surface area contributed by atoms with Crippen LogP contribution in [0.5, 0.6) is 0 Å². The Balaban J connectivity index is 1.90. The van der Waals surface area contributed by atoms with E-state index in [-0.39, 0.29) is 18.4 Å². The fourth-order valence-electron chi connectivity index (χ4n) is 2.45. The summed E-state index contributed by atoms with van der Waals surface area (Å²) < 4.78 is 0. The smallest absolute Gasteiger partial charge is 0.234 e. The molecule has 0 heterocycles. The highest BCUT2D eigenvalue weighted by molar-refractivity contribution is 5.78. The van der Waals surface area contributed by atoms with Crippen LogP contribution in [0.1, 0.15) is 31.2 Å². The Morgan fingerprint density at radius 2 is 2.18 bits per heavy atom. The molecule has 1 N–H and O–H groups in total. The van der Waals surface area contributed by atoms with Crippen molar-refractivity contribution in [3.8, 4) is 6.07 Å². The lowest BCUT2D eigenvalue weighted by molar-refractivity contribution is -0.122. The molecule has 17 heavy (non-hydrogen) atoms. The average molecular weight is 228 g/mol. The van der Waals surface area contributed by atoms with Gasteiger partial charge in [-0.25, -0.2) is 0 Å². The second-order valence-electron chi connectivity index (χ2n) is 4.62. The SMILES string of the molecule is C[C@@H]1[C@H](NC(=O)CC#N)C[C@H]1c1ccccc1. The van der Waals surface area contributed by atoms with Gasteiger partial charge in [0.05, 0.1) is 6.07 Å². The lowest BCUT2D eigenvalue weighted by atomic mass is 9.67. The van der Waals surface area contributed by atoms with Gasteiger partial charge in [0.2, 0.25) is 5.91 Å². The largest absolute Gasteiger partial charge is 0.352 e. The second-order valence-corrected chi connectivity index (χ2v) is 4.62. The summed E-state index contributed by atoms with van der Waals surface area (Å²) in [6.45, 7) is 2.15. The van der Waals surface area contributed by atoms with Crippen LogP contribution < -0.4 is 5.32 Å². The fourth-order valence-corrected chi connectivity index (χ4v) is 2.45. The first-order valence-corrected chi connectivity index (χ1v) is 5.93. The molecule has 1 saturated carbocycles. The van der Waals surface area contributed by atoms with Crippen molar-refractivity contribution in [3.63, 3.8) is 0 Å². The van der Waals surface area contributed by atoms with Gasteiger partial charge < -0.3 is 5.32 Å². The first-order chi connectivity index (χ1) is 8.22. The van der Waals surface area contributed by atoms with Crippen LogP contribution in [0.25, 0.3) is 0 Å². The molecule has 3 atom stereocenters. The summed E-state index contributed by atoms with van der Waals surface area (Å²) in [5.41, 5.74) is 1.34. The van der Waals surface area contributed by atoms with Gasteiger partial charge in [-0.1, -0.05) is 37.3 Å². The van der Waals surface area contributed by atoms with Gasteiger partial charge >= 0.3 is 0 Å². The Hall–Kier alpha value is -1.82.